The Labute approximate surface area is 151 Å². The van der Waals surface area contributed by atoms with Crippen LogP contribution in [0.3, 0.4) is 0 Å². The van der Waals surface area contributed by atoms with Crippen LogP contribution < -0.4 is 10.2 Å². The van der Waals surface area contributed by atoms with E-state index in [4.69, 9.17) is 4.74 Å². The summed E-state index contributed by atoms with van der Waals surface area (Å²) in [5.74, 6) is 1.96. The number of hydrogen-bond acceptors (Lipinski definition) is 7. The molecule has 1 aromatic heterocycles. The maximum Gasteiger partial charge on any atom is 0.227 e. The highest BCUT2D eigenvalue weighted by Crippen LogP contribution is 2.23. The lowest BCUT2D eigenvalue weighted by molar-refractivity contribution is -0.0203. The van der Waals surface area contributed by atoms with E-state index < -0.39 is 9.84 Å². The summed E-state index contributed by atoms with van der Waals surface area (Å²) in [6.45, 7) is 7.18. The molecular formula is C17H30N4O3S. The van der Waals surface area contributed by atoms with Gasteiger partial charge >= 0.3 is 0 Å². The minimum Gasteiger partial charge on any atom is -0.376 e. The van der Waals surface area contributed by atoms with Gasteiger partial charge in [0.15, 0.2) is 9.84 Å². The Balaban J connectivity index is 2.02. The van der Waals surface area contributed by atoms with Crippen LogP contribution in [0.5, 0.6) is 0 Å². The number of anilines is 2. The van der Waals surface area contributed by atoms with Crippen molar-refractivity contribution in [2.75, 3.05) is 41.9 Å². The normalized spacial score (nSPS) is 21.3. The standard InChI is InChI=1S/C17H30N4O3S/c1-5-25(22,23)12-10-21(4)17-18-9-8-15(20-17)19-14-7-6-11-24-16(14)13(2)3/h8-9,13-14,16H,5-7,10-12H2,1-4H3,(H,18,19,20)/t14-,16+/m0/s1. The van der Waals surface area contributed by atoms with Gasteiger partial charge in [-0.05, 0) is 24.8 Å². The molecule has 0 unspecified atom stereocenters. The summed E-state index contributed by atoms with van der Waals surface area (Å²) in [6, 6.07) is 2.06. The highest BCUT2D eigenvalue weighted by molar-refractivity contribution is 7.91. The number of ether oxygens (including phenoxy) is 1. The van der Waals surface area contributed by atoms with Crippen LogP contribution in [0, 0.1) is 5.92 Å². The highest BCUT2D eigenvalue weighted by Gasteiger charge is 2.28. The van der Waals surface area contributed by atoms with Gasteiger partial charge in [-0.3, -0.25) is 0 Å². The van der Waals surface area contributed by atoms with Crippen molar-refractivity contribution in [2.45, 2.75) is 45.8 Å². The fraction of sp³-hybridized carbons (Fsp3) is 0.765. The fourth-order valence-electron chi connectivity index (χ4n) is 2.94. The van der Waals surface area contributed by atoms with Gasteiger partial charge in [-0.2, -0.15) is 4.98 Å². The third-order valence-corrected chi connectivity index (χ3v) is 6.20. The molecule has 1 aromatic rings. The first-order chi connectivity index (χ1) is 11.8. The minimum atomic E-state index is -3.00. The van der Waals surface area contributed by atoms with E-state index in [0.29, 0.717) is 18.4 Å². The first-order valence-corrected chi connectivity index (χ1v) is 10.8. The summed E-state index contributed by atoms with van der Waals surface area (Å²) < 4.78 is 29.2. The van der Waals surface area contributed by atoms with Crippen LogP contribution in [-0.4, -0.2) is 62.2 Å². The van der Waals surface area contributed by atoms with Crippen molar-refractivity contribution in [1.82, 2.24) is 9.97 Å². The summed E-state index contributed by atoms with van der Waals surface area (Å²) in [6.07, 6.45) is 3.95. The first kappa shape index (κ1) is 19.9. The molecule has 1 aliphatic rings. The van der Waals surface area contributed by atoms with Crippen molar-refractivity contribution in [3.8, 4) is 0 Å². The Kier molecular flexibility index (Phi) is 7.01. The van der Waals surface area contributed by atoms with Gasteiger partial charge in [0.2, 0.25) is 5.95 Å². The molecule has 142 valence electrons. The van der Waals surface area contributed by atoms with Gasteiger partial charge < -0.3 is 15.0 Å². The Morgan fingerprint density at radius 3 is 2.88 bits per heavy atom. The van der Waals surface area contributed by atoms with Crippen molar-refractivity contribution in [3.63, 3.8) is 0 Å². The quantitative estimate of drug-likeness (QED) is 0.749. The first-order valence-electron chi connectivity index (χ1n) is 8.95. The third-order valence-electron chi connectivity index (χ3n) is 4.52. The van der Waals surface area contributed by atoms with E-state index in [0.717, 1.165) is 25.3 Å². The number of sulfone groups is 1. The molecule has 8 heteroatoms. The molecular weight excluding hydrogens is 340 g/mol. The van der Waals surface area contributed by atoms with Crippen LogP contribution in [0.15, 0.2) is 12.3 Å². The average molecular weight is 371 g/mol. The second kappa shape index (κ2) is 8.80. The van der Waals surface area contributed by atoms with E-state index in [1.807, 2.05) is 13.1 Å². The molecule has 1 aliphatic heterocycles. The van der Waals surface area contributed by atoms with Crippen LogP contribution >= 0.6 is 0 Å². The summed E-state index contributed by atoms with van der Waals surface area (Å²) in [5, 5.41) is 3.47. The average Bonchev–Trinajstić information content (AvgIpc) is 2.60. The van der Waals surface area contributed by atoms with Crippen molar-refractivity contribution in [3.05, 3.63) is 12.3 Å². The zero-order valence-electron chi connectivity index (χ0n) is 15.6. The van der Waals surface area contributed by atoms with Crippen molar-refractivity contribution in [2.24, 2.45) is 5.92 Å². The zero-order valence-corrected chi connectivity index (χ0v) is 16.4. The van der Waals surface area contributed by atoms with Gasteiger partial charge in [0, 0.05) is 32.1 Å². The Morgan fingerprint density at radius 2 is 2.20 bits per heavy atom. The molecule has 7 nitrogen and oxygen atoms in total. The van der Waals surface area contributed by atoms with Crippen LogP contribution in [0.2, 0.25) is 0 Å². The van der Waals surface area contributed by atoms with Gasteiger partial charge in [-0.25, -0.2) is 13.4 Å². The van der Waals surface area contributed by atoms with Gasteiger partial charge in [0.25, 0.3) is 0 Å². The molecule has 0 radical (unpaired) electrons. The zero-order chi connectivity index (χ0) is 18.4. The molecule has 2 atom stereocenters. The lowest BCUT2D eigenvalue weighted by Crippen LogP contribution is -2.43. The maximum absolute atomic E-state index is 11.7. The predicted octanol–water partition coefficient (Wildman–Crippen LogP) is 1.96. The second-order valence-electron chi connectivity index (χ2n) is 6.87. The van der Waals surface area contributed by atoms with E-state index in [-0.39, 0.29) is 23.7 Å². The topological polar surface area (TPSA) is 84.4 Å². The van der Waals surface area contributed by atoms with Gasteiger partial charge in [-0.1, -0.05) is 20.8 Å². The van der Waals surface area contributed by atoms with Crippen LogP contribution in [-0.2, 0) is 14.6 Å². The molecule has 0 aliphatic carbocycles. The summed E-state index contributed by atoms with van der Waals surface area (Å²) in [7, 11) is -1.19. The molecule has 0 bridgehead atoms. The second-order valence-corrected chi connectivity index (χ2v) is 9.35. The molecule has 1 fully saturated rings. The van der Waals surface area contributed by atoms with Crippen molar-refractivity contribution >= 4 is 21.6 Å². The summed E-state index contributed by atoms with van der Waals surface area (Å²) >= 11 is 0. The molecule has 0 aromatic carbocycles. The molecule has 0 saturated carbocycles. The van der Waals surface area contributed by atoms with E-state index in [9.17, 15) is 8.42 Å². The number of hydrogen-bond donors (Lipinski definition) is 1. The minimum absolute atomic E-state index is 0.104. The highest BCUT2D eigenvalue weighted by atomic mass is 32.2. The fourth-order valence-corrected chi connectivity index (χ4v) is 3.78. The van der Waals surface area contributed by atoms with Crippen molar-refractivity contribution < 1.29 is 13.2 Å². The Morgan fingerprint density at radius 1 is 1.44 bits per heavy atom. The Hall–Kier alpha value is -1.41. The van der Waals surface area contributed by atoms with Crippen LogP contribution in [0.4, 0.5) is 11.8 Å². The van der Waals surface area contributed by atoms with E-state index >= 15 is 0 Å². The molecule has 25 heavy (non-hydrogen) atoms. The molecule has 2 heterocycles. The van der Waals surface area contributed by atoms with Crippen molar-refractivity contribution in [1.29, 1.82) is 0 Å². The molecule has 2 rings (SSSR count). The predicted molar refractivity (Wildman–Crippen MR) is 101 cm³/mol. The summed E-state index contributed by atoms with van der Waals surface area (Å²) in [5.41, 5.74) is 0. The van der Waals surface area contributed by atoms with E-state index in [2.05, 4.69) is 29.1 Å². The van der Waals surface area contributed by atoms with Gasteiger partial charge in [0.1, 0.15) is 5.82 Å². The third kappa shape index (κ3) is 5.81. The van der Waals surface area contributed by atoms with E-state index in [1.54, 1.807) is 18.0 Å². The maximum atomic E-state index is 11.7. The SMILES string of the molecule is CCS(=O)(=O)CCN(C)c1nccc(N[C@H]2CCCO[C@@H]2C(C)C)n1. The Bertz CT molecular complexity index is 651. The van der Waals surface area contributed by atoms with Gasteiger partial charge in [-0.15, -0.1) is 0 Å². The lowest BCUT2D eigenvalue weighted by atomic mass is 9.94. The molecule has 1 saturated heterocycles. The van der Waals surface area contributed by atoms with E-state index in [1.165, 1.54) is 0 Å². The number of aromatic nitrogens is 2. The molecule has 0 spiro atoms. The number of rotatable bonds is 8. The van der Waals surface area contributed by atoms with Crippen LogP contribution in [0.1, 0.15) is 33.6 Å². The summed E-state index contributed by atoms with van der Waals surface area (Å²) in [4.78, 5) is 10.6. The van der Waals surface area contributed by atoms with Crippen LogP contribution in [0.25, 0.3) is 0 Å². The molecule has 0 amide bonds. The number of nitrogens with one attached hydrogen (secondary N) is 1. The molecule has 1 N–H and O–H groups in total. The number of nitrogens with zero attached hydrogens (tertiary/aromatic N) is 3. The largest absolute Gasteiger partial charge is 0.376 e. The lowest BCUT2D eigenvalue weighted by Gasteiger charge is -2.35. The monoisotopic (exact) mass is 370 g/mol. The smallest absolute Gasteiger partial charge is 0.227 e. The van der Waals surface area contributed by atoms with Gasteiger partial charge in [0.05, 0.1) is 17.9 Å².